The molecule has 0 unspecified atom stereocenters. The molecule has 0 bridgehead atoms. The lowest BCUT2D eigenvalue weighted by Gasteiger charge is -2.04. The molecule has 22 heavy (non-hydrogen) atoms. The third-order valence-corrected chi connectivity index (χ3v) is 4.48. The van der Waals surface area contributed by atoms with Gasteiger partial charge < -0.3 is 5.73 Å². The fourth-order valence-corrected chi connectivity index (χ4v) is 4.10. The maximum absolute atomic E-state index is 10.2. The van der Waals surface area contributed by atoms with E-state index in [1.165, 1.54) is 38.5 Å². The van der Waals surface area contributed by atoms with Gasteiger partial charge in [-0.2, -0.15) is 0 Å². The summed E-state index contributed by atoms with van der Waals surface area (Å²) in [6.45, 7) is 3.11. The lowest BCUT2D eigenvalue weighted by molar-refractivity contribution is -0.445. The monoisotopic (exact) mass is 501 g/mol. The molecule has 0 saturated carbocycles. The fourth-order valence-electron chi connectivity index (χ4n) is 1.66. The standard InChI is InChI=1S/C8H19N.C6H3Br3N2O2/c1-2-3-4-5-6-7-8-9;7-3-1-4(8)6(5(9)2-3)10-11(12)13/h2-9H2,1H3;1-2,10H. The molecule has 0 aliphatic heterocycles. The number of hydrogen-bond acceptors (Lipinski definition) is 3. The minimum Gasteiger partial charge on any atom is -0.330 e. The lowest BCUT2D eigenvalue weighted by Crippen LogP contribution is -2.08. The van der Waals surface area contributed by atoms with E-state index in [-0.39, 0.29) is 0 Å². The average Bonchev–Trinajstić information content (AvgIpc) is 2.43. The summed E-state index contributed by atoms with van der Waals surface area (Å²) in [7, 11) is 0. The van der Waals surface area contributed by atoms with Gasteiger partial charge in [0.05, 0.1) is 0 Å². The largest absolute Gasteiger partial charge is 0.330 e. The Morgan fingerprint density at radius 3 is 2.05 bits per heavy atom. The second-order valence-corrected chi connectivity index (χ2v) is 7.29. The second kappa shape index (κ2) is 13.3. The summed E-state index contributed by atoms with van der Waals surface area (Å²) in [6.07, 6.45) is 8.05. The molecule has 0 radical (unpaired) electrons. The Bertz CT molecular complexity index is 430. The number of rotatable bonds is 8. The van der Waals surface area contributed by atoms with Crippen LogP contribution in [0, 0.1) is 10.1 Å². The number of hydrazine groups is 1. The van der Waals surface area contributed by atoms with Gasteiger partial charge in [0.15, 0.2) is 5.03 Å². The van der Waals surface area contributed by atoms with Gasteiger partial charge in [0.25, 0.3) is 0 Å². The first kappa shape index (κ1) is 21.8. The highest BCUT2D eigenvalue weighted by molar-refractivity contribution is 9.11. The van der Waals surface area contributed by atoms with Crippen molar-refractivity contribution in [1.82, 2.24) is 0 Å². The fraction of sp³-hybridized carbons (Fsp3) is 0.571. The summed E-state index contributed by atoms with van der Waals surface area (Å²) >= 11 is 9.65. The van der Waals surface area contributed by atoms with Crippen LogP contribution in [0.3, 0.4) is 0 Å². The van der Waals surface area contributed by atoms with Crippen LogP contribution < -0.4 is 11.2 Å². The van der Waals surface area contributed by atoms with Crippen molar-refractivity contribution in [1.29, 1.82) is 0 Å². The first-order chi connectivity index (χ1) is 10.4. The molecule has 0 aliphatic rings. The first-order valence-corrected chi connectivity index (χ1v) is 9.55. The van der Waals surface area contributed by atoms with E-state index in [1.807, 2.05) is 0 Å². The van der Waals surface area contributed by atoms with E-state index in [9.17, 15) is 10.1 Å². The number of halogens is 3. The van der Waals surface area contributed by atoms with Crippen molar-refractivity contribution in [3.8, 4) is 0 Å². The molecule has 3 N–H and O–H groups in total. The average molecular weight is 504 g/mol. The number of hydrogen-bond donors (Lipinski definition) is 2. The molecule has 0 saturated heterocycles. The van der Waals surface area contributed by atoms with E-state index >= 15 is 0 Å². The number of nitro groups is 1. The lowest BCUT2D eigenvalue weighted by atomic mass is 10.1. The quantitative estimate of drug-likeness (QED) is 0.263. The van der Waals surface area contributed by atoms with E-state index in [0.29, 0.717) is 14.6 Å². The summed E-state index contributed by atoms with van der Waals surface area (Å²) in [6, 6.07) is 3.44. The molecular weight excluding hydrogens is 482 g/mol. The maximum Gasteiger partial charge on any atom is 0.162 e. The minimum atomic E-state index is -0.612. The highest BCUT2D eigenvalue weighted by atomic mass is 79.9. The minimum absolute atomic E-state index is 0.396. The molecule has 0 spiro atoms. The van der Waals surface area contributed by atoms with Crippen LogP contribution in [0.1, 0.15) is 45.4 Å². The molecule has 8 heteroatoms. The number of benzene rings is 1. The van der Waals surface area contributed by atoms with Crippen molar-refractivity contribution in [3.63, 3.8) is 0 Å². The van der Waals surface area contributed by atoms with Gasteiger partial charge in [-0.05, 0) is 57.0 Å². The summed E-state index contributed by atoms with van der Waals surface area (Å²) in [5, 5.41) is 9.59. The van der Waals surface area contributed by atoms with Crippen molar-refractivity contribution in [2.24, 2.45) is 5.73 Å². The Kier molecular flexibility index (Phi) is 13.2. The molecule has 126 valence electrons. The van der Waals surface area contributed by atoms with Crippen LogP contribution in [0.25, 0.3) is 0 Å². The number of unbranched alkanes of at least 4 members (excludes halogenated alkanes) is 5. The Morgan fingerprint density at radius 2 is 1.59 bits per heavy atom. The Labute approximate surface area is 156 Å². The molecule has 1 aromatic rings. The van der Waals surface area contributed by atoms with Gasteiger partial charge >= 0.3 is 0 Å². The predicted molar refractivity (Wildman–Crippen MR) is 103 cm³/mol. The third kappa shape index (κ3) is 10.5. The number of anilines is 1. The van der Waals surface area contributed by atoms with Gasteiger partial charge in [-0.3, -0.25) is 0 Å². The van der Waals surface area contributed by atoms with Gasteiger partial charge in [0.1, 0.15) is 5.69 Å². The maximum atomic E-state index is 10.2. The molecule has 5 nitrogen and oxygen atoms in total. The van der Waals surface area contributed by atoms with Crippen LogP contribution in [-0.4, -0.2) is 11.6 Å². The van der Waals surface area contributed by atoms with Crippen molar-refractivity contribution in [2.45, 2.75) is 45.4 Å². The van der Waals surface area contributed by atoms with E-state index in [2.05, 4.69) is 60.1 Å². The zero-order chi connectivity index (χ0) is 17.0. The molecule has 1 aromatic carbocycles. The SMILES string of the molecule is CCCCCCCCN.O=[N+]([O-])Nc1c(Br)cc(Br)cc1Br. The Balaban J connectivity index is 0.000000433. The van der Waals surface area contributed by atoms with Gasteiger partial charge in [0, 0.05) is 13.4 Å². The van der Waals surface area contributed by atoms with E-state index in [4.69, 9.17) is 5.73 Å². The van der Waals surface area contributed by atoms with Gasteiger partial charge in [-0.25, -0.2) is 10.1 Å². The highest BCUT2D eigenvalue weighted by Gasteiger charge is 2.10. The molecule has 0 aliphatic carbocycles. The number of nitrogens with two attached hydrogens (primary N) is 1. The molecular formula is C14H22Br3N3O2. The van der Waals surface area contributed by atoms with Crippen LogP contribution in [0.2, 0.25) is 0 Å². The number of nitrogens with one attached hydrogen (secondary N) is 1. The molecule has 0 fully saturated rings. The van der Waals surface area contributed by atoms with Gasteiger partial charge in [0.2, 0.25) is 0 Å². The van der Waals surface area contributed by atoms with Crippen molar-refractivity contribution < 1.29 is 5.03 Å². The molecule has 0 atom stereocenters. The second-order valence-electron chi connectivity index (χ2n) is 4.67. The summed E-state index contributed by atoms with van der Waals surface area (Å²) in [4.78, 5) is 10.2. The van der Waals surface area contributed by atoms with E-state index < -0.39 is 5.03 Å². The first-order valence-electron chi connectivity index (χ1n) is 7.18. The van der Waals surface area contributed by atoms with Crippen LogP contribution in [0.5, 0.6) is 0 Å². The molecule has 1 rings (SSSR count). The third-order valence-electron chi connectivity index (χ3n) is 2.77. The van der Waals surface area contributed by atoms with Crippen molar-refractivity contribution in [2.75, 3.05) is 12.0 Å². The van der Waals surface area contributed by atoms with E-state index in [1.54, 1.807) is 12.1 Å². The highest BCUT2D eigenvalue weighted by Crippen LogP contribution is 2.34. The van der Waals surface area contributed by atoms with Crippen molar-refractivity contribution >= 4 is 53.5 Å². The Morgan fingerprint density at radius 1 is 1.09 bits per heavy atom. The normalized spacial score (nSPS) is 9.86. The van der Waals surface area contributed by atoms with E-state index in [0.717, 1.165) is 11.0 Å². The summed E-state index contributed by atoms with van der Waals surface area (Å²) in [5.41, 5.74) is 7.82. The zero-order valence-corrected chi connectivity index (χ0v) is 17.3. The van der Waals surface area contributed by atoms with Crippen LogP contribution in [0.4, 0.5) is 5.69 Å². The topological polar surface area (TPSA) is 81.2 Å². The van der Waals surface area contributed by atoms with Crippen LogP contribution >= 0.6 is 47.8 Å². The van der Waals surface area contributed by atoms with Crippen LogP contribution in [0.15, 0.2) is 25.6 Å². The molecule has 0 amide bonds. The number of nitrogens with zero attached hydrogens (tertiary/aromatic N) is 1. The van der Waals surface area contributed by atoms with Crippen molar-refractivity contribution in [3.05, 3.63) is 35.7 Å². The van der Waals surface area contributed by atoms with Gasteiger partial charge in [-0.1, -0.05) is 55.0 Å². The van der Waals surface area contributed by atoms with Gasteiger partial charge in [-0.15, -0.1) is 5.43 Å². The molecule has 0 heterocycles. The smallest absolute Gasteiger partial charge is 0.162 e. The zero-order valence-electron chi connectivity index (χ0n) is 12.6. The predicted octanol–water partition coefficient (Wildman–Crippen LogP) is 5.88. The summed E-state index contributed by atoms with van der Waals surface area (Å²) < 4.78 is 2.07. The van der Waals surface area contributed by atoms with Crippen LogP contribution in [-0.2, 0) is 0 Å². The molecule has 0 aromatic heterocycles. The summed E-state index contributed by atoms with van der Waals surface area (Å²) in [5.74, 6) is 0. The Hall–Kier alpha value is -0.180.